The number of likely N-dealkylation sites (tertiary alicyclic amines) is 2. The first-order valence-electron chi connectivity index (χ1n) is 10.4. The number of aryl methyl sites for hydroxylation is 1. The van der Waals surface area contributed by atoms with E-state index in [1.165, 1.54) is 0 Å². The Kier molecular flexibility index (Phi) is 7.09. The number of amides is 2. The van der Waals surface area contributed by atoms with Crippen molar-refractivity contribution >= 4 is 17.8 Å². The van der Waals surface area contributed by atoms with Crippen LogP contribution in [0.2, 0.25) is 0 Å². The fourth-order valence-corrected chi connectivity index (χ4v) is 4.04. The first-order valence-corrected chi connectivity index (χ1v) is 10.4. The molecule has 2 aromatic rings. The standard InChI is InChI=1S/C20H23N3O3.C2HF3O2/c1-15-5-6-17(26-15)18(24)22-11-7-20(8-12-22)9-13-23(19(20)25)14-16-4-2-3-10-21-16;3-2(4,5)1(6)7/h2-6,10H,7-9,11-14H2,1H3;(H,6,7). The molecule has 2 fully saturated rings. The number of hydrogen-bond acceptors (Lipinski definition) is 5. The lowest BCUT2D eigenvalue weighted by Crippen LogP contribution is -2.46. The minimum absolute atomic E-state index is 0.0799. The Hall–Kier alpha value is -3.37. The highest BCUT2D eigenvalue weighted by Crippen LogP contribution is 2.42. The molecule has 2 saturated heterocycles. The van der Waals surface area contributed by atoms with E-state index < -0.39 is 12.1 Å². The Labute approximate surface area is 188 Å². The smallest absolute Gasteiger partial charge is 0.475 e. The topological polar surface area (TPSA) is 104 Å². The lowest BCUT2D eigenvalue weighted by Gasteiger charge is -2.37. The second-order valence-corrected chi connectivity index (χ2v) is 8.08. The third-order valence-electron chi connectivity index (χ3n) is 5.88. The van der Waals surface area contributed by atoms with Gasteiger partial charge in [-0.3, -0.25) is 14.6 Å². The van der Waals surface area contributed by atoms with E-state index in [1.54, 1.807) is 23.2 Å². The molecule has 2 aromatic heterocycles. The van der Waals surface area contributed by atoms with Crippen LogP contribution in [0.4, 0.5) is 13.2 Å². The molecule has 0 atom stereocenters. The van der Waals surface area contributed by atoms with E-state index >= 15 is 0 Å². The summed E-state index contributed by atoms with van der Waals surface area (Å²) in [5, 5.41) is 7.12. The zero-order chi connectivity index (χ0) is 24.2. The van der Waals surface area contributed by atoms with Gasteiger partial charge in [0, 0.05) is 25.8 Å². The van der Waals surface area contributed by atoms with Crippen LogP contribution in [0.1, 0.15) is 41.3 Å². The maximum atomic E-state index is 13.0. The summed E-state index contributed by atoms with van der Waals surface area (Å²) < 4.78 is 37.2. The Morgan fingerprint density at radius 1 is 1.12 bits per heavy atom. The van der Waals surface area contributed by atoms with Crippen molar-refractivity contribution in [2.45, 2.75) is 38.9 Å². The van der Waals surface area contributed by atoms with Gasteiger partial charge in [0.25, 0.3) is 5.91 Å². The van der Waals surface area contributed by atoms with Gasteiger partial charge in [-0.25, -0.2) is 4.79 Å². The summed E-state index contributed by atoms with van der Waals surface area (Å²) in [5.74, 6) is -1.51. The summed E-state index contributed by atoms with van der Waals surface area (Å²) >= 11 is 0. The van der Waals surface area contributed by atoms with Crippen molar-refractivity contribution in [3.05, 3.63) is 53.7 Å². The van der Waals surface area contributed by atoms with Crippen molar-refractivity contribution in [1.82, 2.24) is 14.8 Å². The van der Waals surface area contributed by atoms with E-state index in [-0.39, 0.29) is 17.2 Å². The number of nitrogens with zero attached hydrogens (tertiary/aromatic N) is 3. The van der Waals surface area contributed by atoms with Crippen molar-refractivity contribution in [3.8, 4) is 0 Å². The molecule has 1 N–H and O–H groups in total. The van der Waals surface area contributed by atoms with Crippen molar-refractivity contribution < 1.29 is 37.1 Å². The third-order valence-corrected chi connectivity index (χ3v) is 5.88. The second kappa shape index (κ2) is 9.63. The number of piperidine rings is 1. The molecule has 0 radical (unpaired) electrons. The van der Waals surface area contributed by atoms with Gasteiger partial charge in [0.2, 0.25) is 5.91 Å². The number of alkyl halides is 3. The number of carboxylic acid groups (broad SMARTS) is 1. The van der Waals surface area contributed by atoms with E-state index in [9.17, 15) is 22.8 Å². The molecule has 0 bridgehead atoms. The molecule has 0 saturated carbocycles. The van der Waals surface area contributed by atoms with Crippen molar-refractivity contribution in [3.63, 3.8) is 0 Å². The zero-order valence-corrected chi connectivity index (χ0v) is 18.0. The summed E-state index contributed by atoms with van der Waals surface area (Å²) in [7, 11) is 0. The quantitative estimate of drug-likeness (QED) is 0.743. The molecule has 11 heteroatoms. The van der Waals surface area contributed by atoms with Crippen molar-refractivity contribution in [2.24, 2.45) is 5.41 Å². The zero-order valence-electron chi connectivity index (χ0n) is 18.0. The average Bonchev–Trinajstić information content (AvgIpc) is 3.34. The van der Waals surface area contributed by atoms with Gasteiger partial charge in [-0.2, -0.15) is 13.2 Å². The van der Waals surface area contributed by atoms with Crippen LogP contribution in [0.15, 0.2) is 40.9 Å². The number of aromatic nitrogens is 1. The van der Waals surface area contributed by atoms with Gasteiger partial charge in [-0.15, -0.1) is 0 Å². The molecular weight excluding hydrogens is 443 g/mol. The summed E-state index contributed by atoms with van der Waals surface area (Å²) in [6.07, 6.45) is -1.03. The van der Waals surface area contributed by atoms with Crippen molar-refractivity contribution in [2.75, 3.05) is 19.6 Å². The summed E-state index contributed by atoms with van der Waals surface area (Å²) in [6, 6.07) is 9.29. The van der Waals surface area contributed by atoms with E-state index in [0.717, 1.165) is 37.3 Å². The number of rotatable bonds is 3. The van der Waals surface area contributed by atoms with Gasteiger partial charge < -0.3 is 19.3 Å². The highest BCUT2D eigenvalue weighted by Gasteiger charge is 2.48. The Morgan fingerprint density at radius 2 is 1.76 bits per heavy atom. The lowest BCUT2D eigenvalue weighted by molar-refractivity contribution is -0.192. The molecule has 0 aliphatic carbocycles. The molecule has 2 aliphatic rings. The average molecular weight is 467 g/mol. The normalized spacial score (nSPS) is 17.6. The van der Waals surface area contributed by atoms with Crippen LogP contribution >= 0.6 is 0 Å². The van der Waals surface area contributed by atoms with Gasteiger partial charge in [0.05, 0.1) is 17.7 Å². The molecule has 0 aromatic carbocycles. The predicted octanol–water partition coefficient (Wildman–Crippen LogP) is 3.27. The van der Waals surface area contributed by atoms with Crippen molar-refractivity contribution in [1.29, 1.82) is 0 Å². The molecule has 4 heterocycles. The molecule has 1 spiro atoms. The molecule has 2 amide bonds. The molecule has 178 valence electrons. The van der Waals surface area contributed by atoms with E-state index in [1.807, 2.05) is 30.0 Å². The second-order valence-electron chi connectivity index (χ2n) is 8.08. The highest BCUT2D eigenvalue weighted by atomic mass is 19.4. The van der Waals surface area contributed by atoms with Crippen LogP contribution in [0, 0.1) is 12.3 Å². The molecule has 8 nitrogen and oxygen atoms in total. The number of pyridine rings is 1. The first kappa shape index (κ1) is 24.3. The number of halogens is 3. The number of hydrogen-bond donors (Lipinski definition) is 1. The Balaban J connectivity index is 0.000000383. The fraction of sp³-hybridized carbons (Fsp3) is 0.455. The number of carbonyl (C=O) groups is 3. The summed E-state index contributed by atoms with van der Waals surface area (Å²) in [4.78, 5) is 42.5. The largest absolute Gasteiger partial charge is 0.490 e. The lowest BCUT2D eigenvalue weighted by atomic mass is 9.77. The fourth-order valence-electron chi connectivity index (χ4n) is 4.04. The molecule has 4 rings (SSSR count). The molecule has 0 unspecified atom stereocenters. The van der Waals surface area contributed by atoms with Crippen LogP contribution < -0.4 is 0 Å². The Bertz CT molecular complexity index is 998. The Morgan fingerprint density at radius 3 is 2.27 bits per heavy atom. The minimum atomic E-state index is -5.08. The molecule has 2 aliphatic heterocycles. The first-order chi connectivity index (χ1) is 15.5. The highest BCUT2D eigenvalue weighted by molar-refractivity contribution is 5.92. The number of aliphatic carboxylic acids is 1. The van der Waals surface area contributed by atoms with Crippen LogP contribution in [0.5, 0.6) is 0 Å². The predicted molar refractivity (Wildman–Crippen MR) is 109 cm³/mol. The van der Waals surface area contributed by atoms with E-state index in [2.05, 4.69) is 4.98 Å². The van der Waals surface area contributed by atoms with Gasteiger partial charge in [0.1, 0.15) is 5.76 Å². The number of carbonyl (C=O) groups excluding carboxylic acids is 2. The van der Waals surface area contributed by atoms with Crippen LogP contribution in [0.25, 0.3) is 0 Å². The SMILES string of the molecule is Cc1ccc(C(=O)N2CCC3(CC2)CCN(Cc2ccccn2)C3=O)o1.O=C(O)C(F)(F)F. The summed E-state index contributed by atoms with van der Waals surface area (Å²) in [5.41, 5.74) is 0.601. The van der Waals surface area contributed by atoms with Crippen LogP contribution in [-0.4, -0.2) is 63.5 Å². The van der Waals surface area contributed by atoms with E-state index in [4.69, 9.17) is 14.3 Å². The summed E-state index contributed by atoms with van der Waals surface area (Å²) in [6.45, 7) is 4.36. The molecule has 33 heavy (non-hydrogen) atoms. The van der Waals surface area contributed by atoms with E-state index in [0.29, 0.717) is 25.4 Å². The monoisotopic (exact) mass is 467 g/mol. The van der Waals surface area contributed by atoms with Gasteiger partial charge in [-0.05, 0) is 50.5 Å². The van der Waals surface area contributed by atoms with Crippen LogP contribution in [0.3, 0.4) is 0 Å². The molecular formula is C22H24F3N3O5. The number of carboxylic acids is 1. The van der Waals surface area contributed by atoms with Crippen LogP contribution in [-0.2, 0) is 16.1 Å². The minimum Gasteiger partial charge on any atom is -0.475 e. The maximum absolute atomic E-state index is 13.0. The maximum Gasteiger partial charge on any atom is 0.490 e. The number of furan rings is 1. The van der Waals surface area contributed by atoms with Gasteiger partial charge in [0.15, 0.2) is 5.76 Å². The van der Waals surface area contributed by atoms with Gasteiger partial charge in [-0.1, -0.05) is 6.07 Å². The van der Waals surface area contributed by atoms with Gasteiger partial charge >= 0.3 is 12.1 Å². The third kappa shape index (κ3) is 5.71.